The Morgan fingerprint density at radius 1 is 1.48 bits per heavy atom. The second-order valence-corrected chi connectivity index (χ2v) is 5.79. The number of carboxylic acid groups (broad SMARTS) is 1. The highest BCUT2D eigenvalue weighted by Crippen LogP contribution is 2.25. The molecule has 6 nitrogen and oxygen atoms in total. The van der Waals surface area contributed by atoms with Crippen molar-refractivity contribution in [3.8, 4) is 5.75 Å². The minimum absolute atomic E-state index is 0.0402. The topological polar surface area (TPSA) is 92.7 Å². The maximum Gasteiger partial charge on any atom is 0.328 e. The van der Waals surface area contributed by atoms with Crippen LogP contribution in [0.25, 0.3) is 6.08 Å². The van der Waals surface area contributed by atoms with E-state index in [1.54, 1.807) is 12.1 Å². The molecule has 2 N–H and O–H groups in total. The summed E-state index contributed by atoms with van der Waals surface area (Å²) < 4.78 is 31.9. The maximum absolute atomic E-state index is 12.2. The summed E-state index contributed by atoms with van der Waals surface area (Å²) in [4.78, 5) is 10.5. The smallest absolute Gasteiger partial charge is 0.328 e. The Balaban J connectivity index is 3.15. The van der Waals surface area contributed by atoms with Gasteiger partial charge in [-0.2, -0.15) is 0 Å². The van der Waals surface area contributed by atoms with Crippen molar-refractivity contribution in [2.45, 2.75) is 11.3 Å². The van der Waals surface area contributed by atoms with Crippen molar-refractivity contribution in [1.29, 1.82) is 0 Å². The van der Waals surface area contributed by atoms with Crippen LogP contribution < -0.4 is 9.46 Å². The lowest BCUT2D eigenvalue weighted by Gasteiger charge is -2.11. The molecule has 114 valence electrons. The lowest BCUT2D eigenvalue weighted by atomic mass is 10.2. The summed E-state index contributed by atoms with van der Waals surface area (Å²) in [6, 6.07) is 4.40. The van der Waals surface area contributed by atoms with Gasteiger partial charge in [-0.15, -0.1) is 6.58 Å². The van der Waals surface area contributed by atoms with Crippen molar-refractivity contribution in [3.05, 3.63) is 42.5 Å². The fraction of sp³-hybridized carbons (Fsp3) is 0.214. The lowest BCUT2D eigenvalue weighted by molar-refractivity contribution is -0.131. The number of hydrogen-bond acceptors (Lipinski definition) is 4. The Bertz CT molecular complexity index is 649. The molecule has 0 amide bonds. The van der Waals surface area contributed by atoms with Crippen LogP contribution >= 0.6 is 0 Å². The van der Waals surface area contributed by atoms with Crippen LogP contribution in [0.1, 0.15) is 12.0 Å². The molecule has 1 rings (SSSR count). The molecular formula is C14H17NO5S. The van der Waals surface area contributed by atoms with E-state index in [1.807, 2.05) is 0 Å². The number of carboxylic acids is 1. The molecule has 0 heterocycles. The van der Waals surface area contributed by atoms with E-state index in [0.29, 0.717) is 12.0 Å². The van der Waals surface area contributed by atoms with Gasteiger partial charge in [0.2, 0.25) is 10.0 Å². The first-order valence-electron chi connectivity index (χ1n) is 6.10. The third-order valence-electron chi connectivity index (χ3n) is 2.54. The van der Waals surface area contributed by atoms with Crippen LogP contribution in [0.15, 0.2) is 41.8 Å². The zero-order chi connectivity index (χ0) is 15.9. The lowest BCUT2D eigenvalue weighted by Crippen LogP contribution is -2.25. The van der Waals surface area contributed by atoms with Gasteiger partial charge in [-0.1, -0.05) is 12.1 Å². The largest absolute Gasteiger partial charge is 0.495 e. The third-order valence-corrected chi connectivity index (χ3v) is 4.02. The Hall–Kier alpha value is -2.12. The maximum atomic E-state index is 12.2. The quantitative estimate of drug-likeness (QED) is 0.432. The van der Waals surface area contributed by atoms with Crippen LogP contribution in [0.2, 0.25) is 0 Å². The van der Waals surface area contributed by atoms with Gasteiger partial charge < -0.3 is 9.84 Å². The zero-order valence-electron chi connectivity index (χ0n) is 11.6. The van der Waals surface area contributed by atoms with Gasteiger partial charge in [-0.3, -0.25) is 0 Å². The van der Waals surface area contributed by atoms with Gasteiger partial charge in [0.15, 0.2) is 0 Å². The number of sulfonamides is 1. The van der Waals surface area contributed by atoms with Crippen LogP contribution in [0.5, 0.6) is 5.75 Å². The van der Waals surface area contributed by atoms with E-state index in [0.717, 1.165) is 6.08 Å². The number of ether oxygens (including phenoxy) is 1. The molecule has 0 radical (unpaired) electrons. The van der Waals surface area contributed by atoms with Gasteiger partial charge in [0.05, 0.1) is 7.11 Å². The Morgan fingerprint density at radius 3 is 2.76 bits per heavy atom. The highest BCUT2D eigenvalue weighted by atomic mass is 32.2. The fourth-order valence-corrected chi connectivity index (χ4v) is 2.80. The highest BCUT2D eigenvalue weighted by Gasteiger charge is 2.19. The van der Waals surface area contributed by atoms with Gasteiger partial charge >= 0.3 is 5.97 Å². The average molecular weight is 311 g/mol. The molecule has 0 bridgehead atoms. The van der Waals surface area contributed by atoms with Crippen molar-refractivity contribution in [2.24, 2.45) is 0 Å². The standard InChI is InChI=1S/C14H17NO5S/c1-3-4-9-15-21(18,19)13-10-11(6-8-14(16)17)5-7-12(13)20-2/h3,5-8,10,15H,1,4,9H2,2H3,(H,16,17)/b8-6+. The molecule has 0 aliphatic heterocycles. The van der Waals surface area contributed by atoms with Crippen LogP contribution in [-0.2, 0) is 14.8 Å². The summed E-state index contributed by atoms with van der Waals surface area (Å²) >= 11 is 0. The van der Waals surface area contributed by atoms with Crippen LogP contribution in [0.4, 0.5) is 0 Å². The number of carbonyl (C=O) groups is 1. The summed E-state index contributed by atoms with van der Waals surface area (Å²) in [5.74, 6) is -0.923. The number of aliphatic carboxylic acids is 1. The highest BCUT2D eigenvalue weighted by molar-refractivity contribution is 7.89. The second-order valence-electron chi connectivity index (χ2n) is 4.06. The van der Waals surface area contributed by atoms with Crippen molar-refractivity contribution in [1.82, 2.24) is 4.72 Å². The molecule has 0 atom stereocenters. The summed E-state index contributed by atoms with van der Waals surface area (Å²) in [5, 5.41) is 8.60. The van der Waals surface area contributed by atoms with Crippen molar-refractivity contribution in [2.75, 3.05) is 13.7 Å². The Morgan fingerprint density at radius 2 is 2.19 bits per heavy atom. The third kappa shape index (κ3) is 5.05. The molecule has 0 fully saturated rings. The van der Waals surface area contributed by atoms with Gasteiger partial charge in [0.25, 0.3) is 0 Å². The monoisotopic (exact) mass is 311 g/mol. The van der Waals surface area contributed by atoms with Crippen LogP contribution in [0, 0.1) is 0 Å². The minimum Gasteiger partial charge on any atom is -0.495 e. The van der Waals surface area contributed by atoms with Crippen molar-refractivity contribution < 1.29 is 23.1 Å². The zero-order valence-corrected chi connectivity index (χ0v) is 12.4. The molecular weight excluding hydrogens is 294 g/mol. The van der Waals surface area contributed by atoms with E-state index < -0.39 is 16.0 Å². The molecule has 1 aromatic rings. The van der Waals surface area contributed by atoms with E-state index in [2.05, 4.69) is 11.3 Å². The predicted octanol–water partition coefficient (Wildman–Crippen LogP) is 1.65. The van der Waals surface area contributed by atoms with E-state index in [9.17, 15) is 13.2 Å². The number of benzene rings is 1. The van der Waals surface area contributed by atoms with Crippen molar-refractivity contribution >= 4 is 22.1 Å². The summed E-state index contributed by atoms with van der Waals surface area (Å²) in [6.07, 6.45) is 4.35. The fourth-order valence-electron chi connectivity index (χ4n) is 1.55. The molecule has 0 saturated carbocycles. The van der Waals surface area contributed by atoms with E-state index in [4.69, 9.17) is 9.84 Å². The summed E-state index contributed by atoms with van der Waals surface area (Å²) in [7, 11) is -2.37. The van der Waals surface area contributed by atoms with Gasteiger partial charge in [0.1, 0.15) is 10.6 Å². The molecule has 0 aromatic heterocycles. The number of hydrogen-bond donors (Lipinski definition) is 2. The first-order chi connectivity index (χ1) is 9.90. The number of methoxy groups -OCH3 is 1. The van der Waals surface area contributed by atoms with E-state index in [-0.39, 0.29) is 17.2 Å². The first-order valence-corrected chi connectivity index (χ1v) is 7.58. The summed E-state index contributed by atoms with van der Waals surface area (Å²) in [5.41, 5.74) is 0.447. The van der Waals surface area contributed by atoms with E-state index in [1.165, 1.54) is 25.3 Å². The SMILES string of the molecule is C=CCCNS(=O)(=O)c1cc(/C=C/C(=O)O)ccc1OC. The molecule has 1 aromatic carbocycles. The summed E-state index contributed by atoms with van der Waals surface area (Å²) in [6.45, 7) is 3.74. The molecule has 0 aliphatic carbocycles. The van der Waals surface area contributed by atoms with Crippen molar-refractivity contribution in [3.63, 3.8) is 0 Å². The Kier molecular flexibility index (Phi) is 6.13. The van der Waals surface area contributed by atoms with Crippen LogP contribution in [-0.4, -0.2) is 33.1 Å². The molecule has 0 saturated heterocycles. The van der Waals surface area contributed by atoms with Gasteiger partial charge in [-0.05, 0) is 30.2 Å². The molecule has 21 heavy (non-hydrogen) atoms. The minimum atomic E-state index is -3.74. The second kappa shape index (κ2) is 7.61. The molecule has 7 heteroatoms. The van der Waals surface area contributed by atoms with Gasteiger partial charge in [0, 0.05) is 12.6 Å². The molecule has 0 spiro atoms. The number of rotatable bonds is 8. The predicted molar refractivity (Wildman–Crippen MR) is 79.7 cm³/mol. The Labute approximate surface area is 123 Å². The molecule has 0 unspecified atom stereocenters. The number of nitrogens with one attached hydrogen (secondary N) is 1. The first kappa shape index (κ1) is 16.9. The van der Waals surface area contributed by atoms with Crippen LogP contribution in [0.3, 0.4) is 0 Å². The van der Waals surface area contributed by atoms with Gasteiger partial charge in [-0.25, -0.2) is 17.9 Å². The average Bonchev–Trinajstić information content (AvgIpc) is 2.45. The van der Waals surface area contributed by atoms with E-state index >= 15 is 0 Å². The molecule has 0 aliphatic rings. The normalized spacial score (nSPS) is 11.5.